The molecule has 1 saturated heterocycles. The third-order valence-corrected chi connectivity index (χ3v) is 4.41. The first-order valence-electron chi connectivity index (χ1n) is 5.45. The predicted molar refractivity (Wildman–Crippen MR) is 73.9 cm³/mol. The fourth-order valence-electron chi connectivity index (χ4n) is 1.86. The number of likely N-dealkylation sites (N-methyl/N-ethyl adjacent to an activating group) is 1. The van der Waals surface area contributed by atoms with Crippen LogP contribution >= 0.6 is 27.3 Å². The minimum absolute atomic E-state index is 1.03. The van der Waals surface area contributed by atoms with Crippen molar-refractivity contribution in [2.45, 2.75) is 13.5 Å². The van der Waals surface area contributed by atoms with E-state index in [-0.39, 0.29) is 0 Å². The van der Waals surface area contributed by atoms with Crippen LogP contribution in [0.4, 0.5) is 0 Å². The molecule has 1 aliphatic heterocycles. The zero-order valence-corrected chi connectivity index (χ0v) is 12.1. The molecule has 0 spiro atoms. The minimum atomic E-state index is 1.03. The first kappa shape index (κ1) is 12.3. The van der Waals surface area contributed by atoms with Crippen molar-refractivity contribution < 1.29 is 0 Å². The minimum Gasteiger partial charge on any atom is -0.309 e. The van der Waals surface area contributed by atoms with Crippen molar-refractivity contribution in [3.8, 4) is 0 Å². The molecule has 2 rings (SSSR count). The van der Waals surface area contributed by atoms with Crippen LogP contribution in [0.2, 0.25) is 0 Å². The van der Waals surface area contributed by atoms with Crippen LogP contribution in [0.5, 0.6) is 0 Å². The second-order valence-electron chi connectivity index (χ2n) is 4.42. The van der Waals surface area contributed by atoms with Gasteiger partial charge in [0, 0.05) is 26.2 Å². The zero-order chi connectivity index (χ0) is 11.5. The standard InChI is InChI=1S/C12H17BrN2S/c1-9(11-4-14-5-11)6-15(2)7-10-3-12(13)16-8-10/h3,8,14H,4-7H2,1-2H3. The van der Waals surface area contributed by atoms with Gasteiger partial charge in [0.25, 0.3) is 0 Å². The van der Waals surface area contributed by atoms with Crippen molar-refractivity contribution in [1.82, 2.24) is 10.2 Å². The Bertz CT molecular complexity index is 391. The Balaban J connectivity index is 1.86. The average molecular weight is 301 g/mol. The number of thiophene rings is 1. The van der Waals surface area contributed by atoms with E-state index in [0.29, 0.717) is 0 Å². The first-order valence-corrected chi connectivity index (χ1v) is 7.12. The molecule has 1 fully saturated rings. The normalized spacial score (nSPS) is 15.4. The molecule has 0 bridgehead atoms. The summed E-state index contributed by atoms with van der Waals surface area (Å²) < 4.78 is 1.22. The molecule has 1 aliphatic rings. The van der Waals surface area contributed by atoms with Gasteiger partial charge in [-0.2, -0.15) is 0 Å². The fraction of sp³-hybridized carbons (Fsp3) is 0.500. The van der Waals surface area contributed by atoms with Gasteiger partial charge in [0.2, 0.25) is 0 Å². The van der Waals surface area contributed by atoms with Gasteiger partial charge in [-0.05, 0) is 52.5 Å². The van der Waals surface area contributed by atoms with Crippen molar-refractivity contribution in [1.29, 1.82) is 0 Å². The molecule has 0 amide bonds. The summed E-state index contributed by atoms with van der Waals surface area (Å²) in [6, 6.07) is 2.20. The van der Waals surface area contributed by atoms with Gasteiger partial charge in [0.05, 0.1) is 3.79 Å². The van der Waals surface area contributed by atoms with Gasteiger partial charge in [-0.1, -0.05) is 5.57 Å². The molecule has 88 valence electrons. The summed E-state index contributed by atoms with van der Waals surface area (Å²) in [6.07, 6.45) is 0. The third kappa shape index (κ3) is 3.17. The highest BCUT2D eigenvalue weighted by Gasteiger charge is 2.12. The van der Waals surface area contributed by atoms with Gasteiger partial charge >= 0.3 is 0 Å². The molecular weight excluding hydrogens is 284 g/mol. The van der Waals surface area contributed by atoms with Crippen molar-refractivity contribution in [3.05, 3.63) is 31.9 Å². The van der Waals surface area contributed by atoms with Gasteiger partial charge in [-0.25, -0.2) is 0 Å². The average Bonchev–Trinajstić information content (AvgIpc) is 2.47. The van der Waals surface area contributed by atoms with Gasteiger partial charge in [0.15, 0.2) is 0 Å². The quantitative estimate of drug-likeness (QED) is 0.860. The van der Waals surface area contributed by atoms with E-state index >= 15 is 0 Å². The van der Waals surface area contributed by atoms with Crippen molar-refractivity contribution >= 4 is 27.3 Å². The lowest BCUT2D eigenvalue weighted by Gasteiger charge is -2.25. The second-order valence-corrected chi connectivity index (χ2v) is 6.71. The topological polar surface area (TPSA) is 15.3 Å². The highest BCUT2D eigenvalue weighted by Crippen LogP contribution is 2.21. The van der Waals surface area contributed by atoms with E-state index in [1.54, 1.807) is 16.9 Å². The molecule has 0 aliphatic carbocycles. The molecule has 2 nitrogen and oxygen atoms in total. The van der Waals surface area contributed by atoms with Gasteiger partial charge in [0.1, 0.15) is 0 Å². The van der Waals surface area contributed by atoms with Crippen LogP contribution in [-0.4, -0.2) is 31.6 Å². The molecule has 0 atom stereocenters. The number of hydrogen-bond donors (Lipinski definition) is 1. The van der Waals surface area contributed by atoms with Crippen LogP contribution in [0.25, 0.3) is 0 Å². The van der Waals surface area contributed by atoms with Crippen LogP contribution in [0.3, 0.4) is 0 Å². The summed E-state index contributed by atoms with van der Waals surface area (Å²) in [7, 11) is 2.18. The highest BCUT2D eigenvalue weighted by atomic mass is 79.9. The van der Waals surface area contributed by atoms with E-state index in [9.17, 15) is 0 Å². The second kappa shape index (κ2) is 5.45. The largest absolute Gasteiger partial charge is 0.309 e. The predicted octanol–water partition coefficient (Wildman–Crippen LogP) is 2.86. The van der Waals surface area contributed by atoms with Crippen LogP contribution < -0.4 is 5.32 Å². The molecule has 0 aromatic carbocycles. The summed E-state index contributed by atoms with van der Waals surface area (Å²) >= 11 is 5.25. The van der Waals surface area contributed by atoms with Crippen LogP contribution in [0.15, 0.2) is 26.4 Å². The van der Waals surface area contributed by atoms with E-state index in [4.69, 9.17) is 0 Å². The van der Waals surface area contributed by atoms with Crippen molar-refractivity contribution in [2.75, 3.05) is 26.7 Å². The summed E-state index contributed by atoms with van der Waals surface area (Å²) in [5.74, 6) is 0. The van der Waals surface area contributed by atoms with Crippen molar-refractivity contribution in [2.24, 2.45) is 0 Å². The summed E-state index contributed by atoms with van der Waals surface area (Å²) in [5.41, 5.74) is 4.50. The highest BCUT2D eigenvalue weighted by molar-refractivity contribution is 9.11. The lowest BCUT2D eigenvalue weighted by molar-refractivity contribution is 0.353. The lowest BCUT2D eigenvalue weighted by Crippen LogP contribution is -2.36. The fourth-order valence-corrected chi connectivity index (χ4v) is 3.07. The SMILES string of the molecule is CC(CN(C)Cc1csc(Br)c1)=C1CNC1. The number of rotatable bonds is 4. The number of halogens is 1. The van der Waals surface area contributed by atoms with Crippen LogP contribution in [0.1, 0.15) is 12.5 Å². The molecule has 1 aromatic heterocycles. The van der Waals surface area contributed by atoms with Crippen LogP contribution in [-0.2, 0) is 6.54 Å². The number of nitrogens with one attached hydrogen (secondary N) is 1. The summed E-state index contributed by atoms with van der Waals surface area (Å²) in [5, 5.41) is 5.50. The van der Waals surface area contributed by atoms with E-state index in [1.165, 1.54) is 14.9 Å². The maximum atomic E-state index is 3.50. The maximum absolute atomic E-state index is 3.50. The Hall–Kier alpha value is -0.160. The number of nitrogens with zero attached hydrogens (tertiary/aromatic N) is 1. The molecule has 1 aromatic rings. The zero-order valence-electron chi connectivity index (χ0n) is 9.72. The Kier molecular flexibility index (Phi) is 4.19. The van der Waals surface area contributed by atoms with E-state index < -0.39 is 0 Å². The van der Waals surface area contributed by atoms with Crippen LogP contribution in [0, 0.1) is 0 Å². The van der Waals surface area contributed by atoms with E-state index in [1.807, 2.05) is 0 Å². The molecule has 16 heavy (non-hydrogen) atoms. The molecule has 0 saturated carbocycles. The van der Waals surface area contributed by atoms with Gasteiger partial charge in [-0.3, -0.25) is 4.90 Å². The van der Waals surface area contributed by atoms with Gasteiger partial charge in [-0.15, -0.1) is 11.3 Å². The van der Waals surface area contributed by atoms with E-state index in [2.05, 4.69) is 51.6 Å². The molecular formula is C12H17BrN2S. The smallest absolute Gasteiger partial charge is 0.0701 e. The third-order valence-electron chi connectivity index (χ3n) is 2.86. The molecule has 1 N–H and O–H groups in total. The molecule has 4 heteroatoms. The first-order chi connectivity index (χ1) is 7.65. The van der Waals surface area contributed by atoms with Gasteiger partial charge < -0.3 is 5.32 Å². The monoisotopic (exact) mass is 300 g/mol. The summed E-state index contributed by atoms with van der Waals surface area (Å²) in [4.78, 5) is 2.37. The Morgan fingerprint density at radius 2 is 2.31 bits per heavy atom. The molecule has 0 radical (unpaired) electrons. The Morgan fingerprint density at radius 3 is 2.81 bits per heavy atom. The Labute approximate surface area is 109 Å². The lowest BCUT2D eigenvalue weighted by atomic mass is 10.0. The van der Waals surface area contributed by atoms with Crippen molar-refractivity contribution in [3.63, 3.8) is 0 Å². The molecule has 2 heterocycles. The Morgan fingerprint density at radius 1 is 1.56 bits per heavy atom. The molecule has 0 unspecified atom stereocenters. The van der Waals surface area contributed by atoms with E-state index in [0.717, 1.165) is 26.2 Å². The summed E-state index contributed by atoms with van der Waals surface area (Å²) in [6.45, 7) is 6.52. The maximum Gasteiger partial charge on any atom is 0.0701 e. The number of hydrogen-bond acceptors (Lipinski definition) is 3.